The summed E-state index contributed by atoms with van der Waals surface area (Å²) in [6.07, 6.45) is 7.56. The molecule has 1 saturated heterocycles. The van der Waals surface area contributed by atoms with Crippen LogP contribution >= 0.6 is 0 Å². The van der Waals surface area contributed by atoms with E-state index in [1.54, 1.807) is 12.4 Å². The third-order valence-electron chi connectivity index (χ3n) is 4.90. The van der Waals surface area contributed by atoms with Crippen LogP contribution in [0.1, 0.15) is 29.9 Å². The zero-order valence-electron chi connectivity index (χ0n) is 15.8. The SMILES string of the molecule is Cc1cc(C)n(-c2cncc(NC3CCN(Cc4ccccn4)CC3)n2)n1. The van der Waals surface area contributed by atoms with Gasteiger partial charge in [0.15, 0.2) is 5.82 Å². The van der Waals surface area contributed by atoms with E-state index in [-0.39, 0.29) is 0 Å². The van der Waals surface area contributed by atoms with Gasteiger partial charge in [-0.2, -0.15) is 5.10 Å². The van der Waals surface area contributed by atoms with Crippen LogP contribution in [0.15, 0.2) is 42.9 Å². The van der Waals surface area contributed by atoms with Crippen molar-refractivity contribution in [2.75, 3.05) is 18.4 Å². The van der Waals surface area contributed by atoms with Gasteiger partial charge in [-0.3, -0.25) is 14.9 Å². The number of nitrogens with zero attached hydrogens (tertiary/aromatic N) is 6. The number of anilines is 1. The first-order valence-corrected chi connectivity index (χ1v) is 9.42. The van der Waals surface area contributed by atoms with Gasteiger partial charge in [0.25, 0.3) is 0 Å². The number of hydrogen-bond donors (Lipinski definition) is 1. The van der Waals surface area contributed by atoms with Crippen LogP contribution in [0.2, 0.25) is 0 Å². The van der Waals surface area contributed by atoms with Crippen molar-refractivity contribution in [3.05, 3.63) is 59.9 Å². The van der Waals surface area contributed by atoms with Gasteiger partial charge < -0.3 is 5.32 Å². The minimum atomic E-state index is 0.412. The molecular weight excluding hydrogens is 338 g/mol. The molecule has 1 N–H and O–H groups in total. The fourth-order valence-electron chi connectivity index (χ4n) is 3.55. The Kier molecular flexibility index (Phi) is 5.11. The van der Waals surface area contributed by atoms with Crippen LogP contribution in [0.5, 0.6) is 0 Å². The summed E-state index contributed by atoms with van der Waals surface area (Å²) in [6, 6.07) is 8.55. The van der Waals surface area contributed by atoms with E-state index in [9.17, 15) is 0 Å². The molecule has 0 aliphatic carbocycles. The summed E-state index contributed by atoms with van der Waals surface area (Å²) in [5, 5.41) is 8.04. The maximum atomic E-state index is 4.70. The summed E-state index contributed by atoms with van der Waals surface area (Å²) < 4.78 is 1.84. The van der Waals surface area contributed by atoms with E-state index in [0.717, 1.165) is 61.2 Å². The van der Waals surface area contributed by atoms with Crippen molar-refractivity contribution in [1.82, 2.24) is 29.6 Å². The van der Waals surface area contributed by atoms with E-state index in [2.05, 4.69) is 31.3 Å². The van der Waals surface area contributed by atoms with E-state index < -0.39 is 0 Å². The molecule has 4 heterocycles. The lowest BCUT2D eigenvalue weighted by Gasteiger charge is -2.32. The Morgan fingerprint density at radius 2 is 2.00 bits per heavy atom. The molecule has 0 unspecified atom stereocenters. The molecule has 1 aliphatic heterocycles. The molecule has 0 aromatic carbocycles. The maximum Gasteiger partial charge on any atom is 0.174 e. The van der Waals surface area contributed by atoms with Gasteiger partial charge in [0, 0.05) is 37.6 Å². The molecule has 140 valence electrons. The first-order chi connectivity index (χ1) is 13.2. The summed E-state index contributed by atoms with van der Waals surface area (Å²) in [4.78, 5) is 15.9. The van der Waals surface area contributed by atoms with E-state index in [1.165, 1.54) is 0 Å². The first kappa shape index (κ1) is 17.6. The van der Waals surface area contributed by atoms with Crippen molar-refractivity contribution in [3.63, 3.8) is 0 Å². The molecule has 4 rings (SSSR count). The number of nitrogens with one attached hydrogen (secondary N) is 1. The zero-order valence-corrected chi connectivity index (χ0v) is 15.8. The van der Waals surface area contributed by atoms with Crippen molar-refractivity contribution in [2.45, 2.75) is 39.3 Å². The molecule has 27 heavy (non-hydrogen) atoms. The van der Waals surface area contributed by atoms with Gasteiger partial charge in [-0.15, -0.1) is 0 Å². The predicted octanol–water partition coefficient (Wildman–Crippen LogP) is 2.75. The number of likely N-dealkylation sites (tertiary alicyclic amines) is 1. The number of hydrogen-bond acceptors (Lipinski definition) is 6. The van der Waals surface area contributed by atoms with Gasteiger partial charge >= 0.3 is 0 Å². The lowest BCUT2D eigenvalue weighted by Crippen LogP contribution is -2.39. The molecular formula is C20H25N7. The van der Waals surface area contributed by atoms with Crippen LogP contribution in [-0.4, -0.2) is 48.8 Å². The fourth-order valence-corrected chi connectivity index (χ4v) is 3.55. The largest absolute Gasteiger partial charge is 0.366 e. The van der Waals surface area contributed by atoms with Crippen molar-refractivity contribution >= 4 is 5.82 Å². The molecule has 3 aromatic rings. The Hall–Kier alpha value is -2.80. The average molecular weight is 363 g/mol. The standard InChI is InChI=1S/C20H25N7/c1-15-11-16(2)27(25-15)20-13-21-12-19(24-20)23-17-6-9-26(10-7-17)14-18-5-3-4-8-22-18/h3-5,8,11-13,17H,6-7,9-10,14H2,1-2H3,(H,23,24). The third kappa shape index (κ3) is 4.31. The second-order valence-electron chi connectivity index (χ2n) is 7.12. The van der Waals surface area contributed by atoms with Crippen LogP contribution in [0, 0.1) is 13.8 Å². The summed E-state index contributed by atoms with van der Waals surface area (Å²) >= 11 is 0. The second-order valence-corrected chi connectivity index (χ2v) is 7.12. The normalized spacial score (nSPS) is 15.8. The quantitative estimate of drug-likeness (QED) is 0.751. The highest BCUT2D eigenvalue weighted by Gasteiger charge is 2.20. The highest BCUT2D eigenvalue weighted by atomic mass is 15.3. The number of piperidine rings is 1. The number of rotatable bonds is 5. The van der Waals surface area contributed by atoms with Gasteiger partial charge in [-0.1, -0.05) is 6.07 Å². The van der Waals surface area contributed by atoms with Crippen molar-refractivity contribution in [1.29, 1.82) is 0 Å². The zero-order chi connectivity index (χ0) is 18.6. The number of aromatic nitrogens is 5. The first-order valence-electron chi connectivity index (χ1n) is 9.42. The van der Waals surface area contributed by atoms with Gasteiger partial charge in [0.2, 0.25) is 0 Å². The summed E-state index contributed by atoms with van der Waals surface area (Å²) in [6.45, 7) is 7.04. The van der Waals surface area contributed by atoms with Crippen LogP contribution in [0.3, 0.4) is 0 Å². The molecule has 0 bridgehead atoms. The minimum absolute atomic E-state index is 0.412. The topological polar surface area (TPSA) is 71.8 Å². The Bertz CT molecular complexity index is 882. The van der Waals surface area contributed by atoms with E-state index in [4.69, 9.17) is 4.98 Å². The van der Waals surface area contributed by atoms with Gasteiger partial charge in [-0.25, -0.2) is 9.67 Å². The Labute approximate surface area is 159 Å². The van der Waals surface area contributed by atoms with E-state index >= 15 is 0 Å². The van der Waals surface area contributed by atoms with Gasteiger partial charge in [-0.05, 0) is 44.9 Å². The lowest BCUT2D eigenvalue weighted by molar-refractivity contribution is 0.209. The molecule has 7 nitrogen and oxygen atoms in total. The molecule has 0 atom stereocenters. The monoisotopic (exact) mass is 363 g/mol. The fraction of sp³-hybridized carbons (Fsp3) is 0.400. The Morgan fingerprint density at radius 3 is 2.70 bits per heavy atom. The lowest BCUT2D eigenvalue weighted by atomic mass is 10.0. The molecule has 0 saturated carbocycles. The van der Waals surface area contributed by atoms with Crippen molar-refractivity contribution in [2.24, 2.45) is 0 Å². The second kappa shape index (κ2) is 7.84. The molecule has 3 aromatic heterocycles. The van der Waals surface area contributed by atoms with E-state index in [1.807, 2.05) is 42.9 Å². The summed E-state index contributed by atoms with van der Waals surface area (Å²) in [5.74, 6) is 1.56. The molecule has 1 fully saturated rings. The molecule has 7 heteroatoms. The van der Waals surface area contributed by atoms with Crippen LogP contribution < -0.4 is 5.32 Å². The van der Waals surface area contributed by atoms with Gasteiger partial charge in [0.1, 0.15) is 5.82 Å². The van der Waals surface area contributed by atoms with Crippen molar-refractivity contribution < 1.29 is 0 Å². The predicted molar refractivity (Wildman–Crippen MR) is 105 cm³/mol. The molecule has 0 radical (unpaired) electrons. The molecule has 0 amide bonds. The Morgan fingerprint density at radius 1 is 1.15 bits per heavy atom. The maximum absolute atomic E-state index is 4.70. The van der Waals surface area contributed by atoms with Gasteiger partial charge in [0.05, 0.1) is 23.8 Å². The molecule has 0 spiro atoms. The smallest absolute Gasteiger partial charge is 0.174 e. The van der Waals surface area contributed by atoms with Crippen LogP contribution in [0.25, 0.3) is 5.82 Å². The minimum Gasteiger partial charge on any atom is -0.366 e. The molecule has 1 aliphatic rings. The summed E-state index contributed by atoms with van der Waals surface area (Å²) in [5.41, 5.74) is 3.17. The van der Waals surface area contributed by atoms with E-state index in [0.29, 0.717) is 6.04 Å². The number of pyridine rings is 1. The number of aryl methyl sites for hydroxylation is 2. The highest BCUT2D eigenvalue weighted by molar-refractivity contribution is 5.37. The Balaban J connectivity index is 1.35. The van der Waals surface area contributed by atoms with Crippen LogP contribution in [-0.2, 0) is 6.54 Å². The summed E-state index contributed by atoms with van der Waals surface area (Å²) in [7, 11) is 0. The highest BCUT2D eigenvalue weighted by Crippen LogP contribution is 2.17. The van der Waals surface area contributed by atoms with Crippen molar-refractivity contribution in [3.8, 4) is 5.82 Å². The van der Waals surface area contributed by atoms with Crippen LogP contribution in [0.4, 0.5) is 5.82 Å². The third-order valence-corrected chi connectivity index (χ3v) is 4.90. The average Bonchev–Trinajstić information content (AvgIpc) is 3.03.